The molecular formula is C17H27N5O. The van der Waals surface area contributed by atoms with Gasteiger partial charge in [-0.15, -0.1) is 0 Å². The summed E-state index contributed by atoms with van der Waals surface area (Å²) >= 11 is 0. The van der Waals surface area contributed by atoms with Gasteiger partial charge in [-0.3, -0.25) is 9.79 Å². The number of guanidine groups is 1. The molecule has 2 rings (SSSR count). The van der Waals surface area contributed by atoms with Crippen LogP contribution in [0.1, 0.15) is 19.8 Å². The van der Waals surface area contributed by atoms with Gasteiger partial charge in [0.15, 0.2) is 5.96 Å². The first kappa shape index (κ1) is 17.1. The summed E-state index contributed by atoms with van der Waals surface area (Å²) in [5, 5.41) is 9.30. The average molecular weight is 317 g/mol. The molecule has 1 atom stereocenters. The van der Waals surface area contributed by atoms with E-state index in [1.807, 2.05) is 13.0 Å². The largest absolute Gasteiger partial charge is 0.369 e. The van der Waals surface area contributed by atoms with Gasteiger partial charge in [-0.1, -0.05) is 25.1 Å². The lowest BCUT2D eigenvalue weighted by Gasteiger charge is -2.20. The van der Waals surface area contributed by atoms with Gasteiger partial charge < -0.3 is 20.9 Å². The van der Waals surface area contributed by atoms with E-state index in [0.29, 0.717) is 18.5 Å². The molecule has 0 spiro atoms. The highest BCUT2D eigenvalue weighted by Gasteiger charge is 2.23. The van der Waals surface area contributed by atoms with Crippen molar-refractivity contribution in [3.05, 3.63) is 30.3 Å². The van der Waals surface area contributed by atoms with E-state index in [9.17, 15) is 4.79 Å². The molecule has 0 aliphatic carbocycles. The van der Waals surface area contributed by atoms with Crippen LogP contribution in [0.3, 0.4) is 0 Å². The lowest BCUT2D eigenvalue weighted by atomic mass is 10.3. The zero-order chi connectivity index (χ0) is 16.5. The van der Waals surface area contributed by atoms with Crippen LogP contribution in [0.2, 0.25) is 0 Å². The lowest BCUT2D eigenvalue weighted by Crippen LogP contribution is -2.47. The van der Waals surface area contributed by atoms with E-state index in [2.05, 4.69) is 50.1 Å². The van der Waals surface area contributed by atoms with Crippen LogP contribution in [0.15, 0.2) is 35.3 Å². The average Bonchev–Trinajstić information content (AvgIpc) is 3.06. The number of rotatable bonds is 6. The number of nitrogens with one attached hydrogen (secondary N) is 3. The number of benzene rings is 1. The Morgan fingerprint density at radius 2 is 2.09 bits per heavy atom. The van der Waals surface area contributed by atoms with E-state index in [0.717, 1.165) is 25.9 Å². The molecular weight excluding hydrogens is 290 g/mol. The molecule has 1 aromatic rings. The van der Waals surface area contributed by atoms with Crippen molar-refractivity contribution in [3.63, 3.8) is 0 Å². The molecule has 126 valence electrons. The van der Waals surface area contributed by atoms with Gasteiger partial charge in [0.25, 0.3) is 0 Å². The van der Waals surface area contributed by atoms with Crippen LogP contribution in [-0.4, -0.2) is 51.1 Å². The molecule has 6 nitrogen and oxygen atoms in total. The van der Waals surface area contributed by atoms with Crippen molar-refractivity contribution in [1.29, 1.82) is 0 Å². The number of amides is 1. The summed E-state index contributed by atoms with van der Waals surface area (Å²) in [6.45, 7) is 4.95. The molecule has 1 aromatic carbocycles. The molecule has 1 amide bonds. The Morgan fingerprint density at radius 1 is 1.30 bits per heavy atom. The van der Waals surface area contributed by atoms with Crippen LogP contribution in [0.5, 0.6) is 0 Å². The Bertz CT molecular complexity index is 517. The molecule has 6 heteroatoms. The summed E-state index contributed by atoms with van der Waals surface area (Å²) in [4.78, 5) is 18.2. The first-order chi connectivity index (χ1) is 11.2. The Morgan fingerprint density at radius 3 is 2.78 bits per heavy atom. The third-order valence-electron chi connectivity index (χ3n) is 3.86. The predicted molar refractivity (Wildman–Crippen MR) is 94.9 cm³/mol. The monoisotopic (exact) mass is 317 g/mol. The first-order valence-corrected chi connectivity index (χ1v) is 8.26. The van der Waals surface area contributed by atoms with Crippen LogP contribution in [0.4, 0.5) is 5.69 Å². The quantitative estimate of drug-likeness (QED) is 0.540. The van der Waals surface area contributed by atoms with E-state index in [4.69, 9.17) is 0 Å². The van der Waals surface area contributed by atoms with Crippen LogP contribution in [0.25, 0.3) is 0 Å². The van der Waals surface area contributed by atoms with Crippen molar-refractivity contribution in [2.45, 2.75) is 25.8 Å². The van der Waals surface area contributed by atoms with Gasteiger partial charge in [0.05, 0.1) is 6.54 Å². The fourth-order valence-electron chi connectivity index (χ4n) is 2.63. The summed E-state index contributed by atoms with van der Waals surface area (Å²) in [5.41, 5.74) is 1.25. The van der Waals surface area contributed by atoms with Gasteiger partial charge in [-0.2, -0.15) is 0 Å². The van der Waals surface area contributed by atoms with Crippen molar-refractivity contribution in [2.75, 3.05) is 38.1 Å². The Kier molecular flexibility index (Phi) is 6.72. The predicted octanol–water partition coefficient (Wildman–Crippen LogP) is 0.957. The topological polar surface area (TPSA) is 68.8 Å². The number of nitrogens with zero attached hydrogens (tertiary/aromatic N) is 2. The van der Waals surface area contributed by atoms with Gasteiger partial charge in [0, 0.05) is 38.4 Å². The second kappa shape index (κ2) is 9.02. The second-order valence-electron chi connectivity index (χ2n) is 5.69. The van der Waals surface area contributed by atoms with Gasteiger partial charge in [0.1, 0.15) is 0 Å². The van der Waals surface area contributed by atoms with Gasteiger partial charge in [-0.25, -0.2) is 0 Å². The molecule has 1 saturated heterocycles. The summed E-state index contributed by atoms with van der Waals surface area (Å²) < 4.78 is 0. The molecule has 0 radical (unpaired) electrons. The molecule has 1 aliphatic rings. The van der Waals surface area contributed by atoms with Crippen molar-refractivity contribution in [2.24, 2.45) is 4.99 Å². The van der Waals surface area contributed by atoms with Crippen molar-refractivity contribution in [3.8, 4) is 0 Å². The molecule has 0 bridgehead atoms. The normalized spacial score (nSPS) is 17.9. The van der Waals surface area contributed by atoms with Crippen LogP contribution >= 0.6 is 0 Å². The van der Waals surface area contributed by atoms with Crippen LogP contribution in [-0.2, 0) is 4.79 Å². The van der Waals surface area contributed by atoms with E-state index in [-0.39, 0.29) is 12.5 Å². The molecule has 0 saturated carbocycles. The minimum atomic E-state index is -0.00728. The maximum atomic E-state index is 11.6. The molecule has 23 heavy (non-hydrogen) atoms. The highest BCUT2D eigenvalue weighted by molar-refractivity contribution is 5.86. The summed E-state index contributed by atoms with van der Waals surface area (Å²) in [5.74, 6) is 0.670. The molecule has 1 aliphatic heterocycles. The van der Waals surface area contributed by atoms with Crippen molar-refractivity contribution in [1.82, 2.24) is 16.0 Å². The van der Waals surface area contributed by atoms with E-state index >= 15 is 0 Å². The molecule has 1 fully saturated rings. The van der Waals surface area contributed by atoms with Crippen molar-refractivity contribution < 1.29 is 4.79 Å². The van der Waals surface area contributed by atoms with E-state index < -0.39 is 0 Å². The fourth-order valence-corrected chi connectivity index (χ4v) is 2.63. The highest BCUT2D eigenvalue weighted by Crippen LogP contribution is 2.19. The fraction of sp³-hybridized carbons (Fsp3) is 0.529. The summed E-state index contributed by atoms with van der Waals surface area (Å²) in [7, 11) is 1.73. The van der Waals surface area contributed by atoms with Gasteiger partial charge in [0.2, 0.25) is 5.91 Å². The zero-order valence-electron chi connectivity index (χ0n) is 14.0. The Balaban J connectivity index is 1.76. The summed E-state index contributed by atoms with van der Waals surface area (Å²) in [6.07, 6.45) is 1.99. The number of carbonyl (C=O) groups excluding carboxylic acids is 1. The molecule has 0 aromatic heterocycles. The Labute approximate surface area is 138 Å². The maximum absolute atomic E-state index is 11.6. The number of hydrogen-bond donors (Lipinski definition) is 3. The minimum absolute atomic E-state index is 0.00728. The van der Waals surface area contributed by atoms with Crippen LogP contribution in [0, 0.1) is 0 Å². The zero-order valence-corrected chi connectivity index (χ0v) is 14.0. The number of hydrogen-bond acceptors (Lipinski definition) is 3. The maximum Gasteiger partial charge on any atom is 0.239 e. The molecule has 1 unspecified atom stereocenters. The minimum Gasteiger partial charge on any atom is -0.369 e. The number of anilines is 1. The van der Waals surface area contributed by atoms with E-state index in [1.165, 1.54) is 5.69 Å². The van der Waals surface area contributed by atoms with Crippen molar-refractivity contribution >= 4 is 17.6 Å². The van der Waals surface area contributed by atoms with Gasteiger partial charge >= 0.3 is 0 Å². The van der Waals surface area contributed by atoms with Gasteiger partial charge in [-0.05, 0) is 25.0 Å². The Hall–Kier alpha value is -2.24. The molecule has 3 N–H and O–H groups in total. The second-order valence-corrected chi connectivity index (χ2v) is 5.69. The number of aliphatic imine (C=N–C) groups is 1. The highest BCUT2D eigenvalue weighted by atomic mass is 16.1. The number of carbonyl (C=O) groups is 1. The third-order valence-corrected chi connectivity index (χ3v) is 3.86. The standard InChI is InChI=1S/C17H27N5O/c1-3-10-19-16(23)12-20-17(18-2)21-14-9-11-22(13-14)15-7-5-4-6-8-15/h4-8,14H,3,9-13H2,1-2H3,(H,19,23)(H2,18,20,21). The van der Waals surface area contributed by atoms with E-state index in [1.54, 1.807) is 7.05 Å². The lowest BCUT2D eigenvalue weighted by molar-refractivity contribution is -0.120. The molecule has 1 heterocycles. The smallest absolute Gasteiger partial charge is 0.239 e. The third kappa shape index (κ3) is 5.47. The number of para-hydroxylation sites is 1. The first-order valence-electron chi connectivity index (χ1n) is 8.26. The summed E-state index contributed by atoms with van der Waals surface area (Å²) in [6, 6.07) is 10.8. The van der Waals surface area contributed by atoms with Crippen LogP contribution < -0.4 is 20.9 Å². The SMILES string of the molecule is CCCNC(=O)CNC(=NC)NC1CCN(c2ccccc2)C1.